The van der Waals surface area contributed by atoms with E-state index in [9.17, 15) is 4.79 Å². The van der Waals surface area contributed by atoms with Gasteiger partial charge in [0.05, 0.1) is 12.4 Å². The van der Waals surface area contributed by atoms with Crippen molar-refractivity contribution in [1.82, 2.24) is 20.5 Å². The highest BCUT2D eigenvalue weighted by Gasteiger charge is 2.08. The van der Waals surface area contributed by atoms with Gasteiger partial charge in [0.25, 0.3) is 0 Å². The summed E-state index contributed by atoms with van der Waals surface area (Å²) in [7, 11) is 1.60. The van der Waals surface area contributed by atoms with Crippen molar-refractivity contribution >= 4 is 17.7 Å². The van der Waals surface area contributed by atoms with Crippen molar-refractivity contribution in [3.05, 3.63) is 29.8 Å². The van der Waals surface area contributed by atoms with Crippen LogP contribution in [0.3, 0.4) is 0 Å². The molecule has 0 saturated carbocycles. The Bertz CT molecular complexity index is 598. The van der Waals surface area contributed by atoms with Crippen molar-refractivity contribution in [3.8, 4) is 11.4 Å². The number of carbonyl (C=O) groups is 1. The third-order valence-electron chi connectivity index (χ3n) is 3.06. The van der Waals surface area contributed by atoms with Crippen molar-refractivity contribution in [3.63, 3.8) is 0 Å². The lowest BCUT2D eigenvalue weighted by molar-refractivity contribution is -0.118. The average molecular weight is 320 g/mol. The predicted octanol–water partition coefficient (Wildman–Crippen LogP) is 1.89. The molecular weight excluding hydrogens is 300 g/mol. The minimum absolute atomic E-state index is 0.0549. The standard InChI is InChI=1S/C15H20N4O2S/c1-3-11-4-6-12(7-5-11)14-17-15(19-18-14)22-10-13(20)16-8-9-21-2/h4-7H,3,8-10H2,1-2H3,(H,16,20)(H,17,18,19). The van der Waals surface area contributed by atoms with E-state index in [0.717, 1.165) is 12.0 Å². The number of thioether (sulfide) groups is 1. The average Bonchev–Trinajstić information content (AvgIpc) is 3.02. The molecule has 2 N–H and O–H groups in total. The second-order valence-corrected chi connectivity index (χ2v) is 5.59. The van der Waals surface area contributed by atoms with Gasteiger partial charge < -0.3 is 10.1 Å². The molecule has 1 aromatic carbocycles. The largest absolute Gasteiger partial charge is 0.383 e. The van der Waals surface area contributed by atoms with Crippen LogP contribution in [0, 0.1) is 0 Å². The van der Waals surface area contributed by atoms with Crippen molar-refractivity contribution in [2.24, 2.45) is 0 Å². The van der Waals surface area contributed by atoms with Gasteiger partial charge in [0, 0.05) is 19.2 Å². The Balaban J connectivity index is 1.86. The van der Waals surface area contributed by atoms with Crippen LogP contribution in [-0.4, -0.2) is 47.1 Å². The first-order valence-electron chi connectivity index (χ1n) is 7.13. The highest BCUT2D eigenvalue weighted by molar-refractivity contribution is 7.99. The third-order valence-corrected chi connectivity index (χ3v) is 3.91. The van der Waals surface area contributed by atoms with Crippen molar-refractivity contribution in [2.45, 2.75) is 18.5 Å². The molecule has 0 atom stereocenters. The number of aryl methyl sites for hydroxylation is 1. The van der Waals surface area contributed by atoms with Crippen LogP contribution in [0.25, 0.3) is 11.4 Å². The second kappa shape index (κ2) is 8.55. The minimum Gasteiger partial charge on any atom is -0.383 e. The quantitative estimate of drug-likeness (QED) is 0.573. The maximum atomic E-state index is 11.6. The van der Waals surface area contributed by atoms with E-state index in [2.05, 4.69) is 39.6 Å². The zero-order valence-electron chi connectivity index (χ0n) is 12.8. The summed E-state index contributed by atoms with van der Waals surface area (Å²) in [6.07, 6.45) is 1.01. The molecule has 0 saturated heterocycles. The Morgan fingerprint density at radius 1 is 1.36 bits per heavy atom. The smallest absolute Gasteiger partial charge is 0.230 e. The number of methoxy groups -OCH3 is 1. The van der Waals surface area contributed by atoms with Crippen LogP contribution in [0.1, 0.15) is 12.5 Å². The molecule has 7 heteroatoms. The number of ether oxygens (including phenoxy) is 1. The lowest BCUT2D eigenvalue weighted by Gasteiger charge is -2.02. The highest BCUT2D eigenvalue weighted by Crippen LogP contribution is 2.19. The molecule has 0 radical (unpaired) electrons. The van der Waals surface area contributed by atoms with E-state index >= 15 is 0 Å². The van der Waals surface area contributed by atoms with Gasteiger partial charge in [-0.3, -0.25) is 9.89 Å². The van der Waals surface area contributed by atoms with Crippen LogP contribution in [-0.2, 0) is 16.0 Å². The lowest BCUT2D eigenvalue weighted by Crippen LogP contribution is -2.28. The summed E-state index contributed by atoms with van der Waals surface area (Å²) < 4.78 is 4.87. The number of nitrogens with zero attached hydrogens (tertiary/aromatic N) is 2. The number of rotatable bonds is 8. The van der Waals surface area contributed by atoms with Crippen LogP contribution in [0.15, 0.2) is 29.4 Å². The van der Waals surface area contributed by atoms with Gasteiger partial charge in [-0.1, -0.05) is 43.0 Å². The van der Waals surface area contributed by atoms with Gasteiger partial charge in [0.2, 0.25) is 11.1 Å². The Morgan fingerprint density at radius 3 is 2.82 bits per heavy atom. The van der Waals surface area contributed by atoms with Gasteiger partial charge in [-0.25, -0.2) is 4.98 Å². The van der Waals surface area contributed by atoms with Gasteiger partial charge in [0.1, 0.15) is 0 Å². The van der Waals surface area contributed by atoms with Crippen molar-refractivity contribution < 1.29 is 9.53 Å². The van der Waals surface area contributed by atoms with Crippen LogP contribution in [0.2, 0.25) is 0 Å². The molecule has 2 rings (SSSR count). The monoisotopic (exact) mass is 320 g/mol. The first kappa shape index (κ1) is 16.5. The fraction of sp³-hybridized carbons (Fsp3) is 0.400. The maximum absolute atomic E-state index is 11.6. The Kier molecular flexibility index (Phi) is 6.42. The lowest BCUT2D eigenvalue weighted by atomic mass is 10.1. The number of aromatic nitrogens is 3. The summed E-state index contributed by atoms with van der Waals surface area (Å²) in [6.45, 7) is 3.14. The van der Waals surface area contributed by atoms with Crippen LogP contribution >= 0.6 is 11.8 Å². The molecular formula is C15H20N4O2S. The fourth-order valence-corrected chi connectivity index (χ4v) is 2.44. The molecule has 0 spiro atoms. The third kappa shape index (κ3) is 4.85. The van der Waals surface area contributed by atoms with Crippen LogP contribution in [0.4, 0.5) is 0 Å². The Labute approximate surface area is 134 Å². The molecule has 1 amide bonds. The molecule has 1 aromatic heterocycles. The molecule has 0 unspecified atom stereocenters. The zero-order valence-corrected chi connectivity index (χ0v) is 13.6. The molecule has 0 bridgehead atoms. The molecule has 6 nitrogen and oxygen atoms in total. The summed E-state index contributed by atoms with van der Waals surface area (Å²) in [5, 5.41) is 10.3. The summed E-state index contributed by atoms with van der Waals surface area (Å²) >= 11 is 1.30. The van der Waals surface area contributed by atoms with Gasteiger partial charge in [-0.15, -0.1) is 5.10 Å². The first-order valence-corrected chi connectivity index (χ1v) is 8.11. The number of nitrogens with one attached hydrogen (secondary N) is 2. The minimum atomic E-state index is -0.0549. The zero-order chi connectivity index (χ0) is 15.8. The number of aromatic amines is 1. The van der Waals surface area contributed by atoms with E-state index in [4.69, 9.17) is 4.74 Å². The summed E-state index contributed by atoms with van der Waals surface area (Å²) in [4.78, 5) is 16.0. The number of carbonyl (C=O) groups excluding carboxylic acids is 1. The normalized spacial score (nSPS) is 10.6. The SMILES string of the molecule is CCc1ccc(-c2nc(SCC(=O)NCCOC)n[nH]2)cc1. The summed E-state index contributed by atoms with van der Waals surface area (Å²) in [5.74, 6) is 0.945. The molecule has 0 aliphatic carbocycles. The van der Waals surface area contributed by atoms with Crippen molar-refractivity contribution in [1.29, 1.82) is 0 Å². The van der Waals surface area contributed by atoms with E-state index < -0.39 is 0 Å². The first-order chi connectivity index (χ1) is 10.7. The molecule has 22 heavy (non-hydrogen) atoms. The van der Waals surface area contributed by atoms with E-state index in [1.807, 2.05) is 12.1 Å². The summed E-state index contributed by atoms with van der Waals surface area (Å²) in [5.41, 5.74) is 2.27. The number of amides is 1. The Hall–Kier alpha value is -1.86. The van der Waals surface area contributed by atoms with Crippen molar-refractivity contribution in [2.75, 3.05) is 26.0 Å². The molecule has 0 aliphatic rings. The molecule has 0 aliphatic heterocycles. The fourth-order valence-electron chi connectivity index (χ4n) is 1.81. The summed E-state index contributed by atoms with van der Waals surface area (Å²) in [6, 6.07) is 8.19. The van der Waals surface area contributed by atoms with Gasteiger partial charge >= 0.3 is 0 Å². The molecule has 0 fully saturated rings. The number of benzene rings is 1. The van der Waals surface area contributed by atoms with Gasteiger partial charge in [-0.05, 0) is 12.0 Å². The van der Waals surface area contributed by atoms with Gasteiger partial charge in [-0.2, -0.15) is 0 Å². The van der Waals surface area contributed by atoms with Crippen LogP contribution < -0.4 is 5.32 Å². The highest BCUT2D eigenvalue weighted by atomic mass is 32.2. The molecule has 2 aromatic rings. The van der Waals surface area contributed by atoms with E-state index in [1.54, 1.807) is 7.11 Å². The maximum Gasteiger partial charge on any atom is 0.230 e. The predicted molar refractivity (Wildman–Crippen MR) is 86.8 cm³/mol. The number of hydrogen-bond acceptors (Lipinski definition) is 5. The van der Waals surface area contributed by atoms with E-state index in [0.29, 0.717) is 24.1 Å². The number of H-pyrrole nitrogens is 1. The van der Waals surface area contributed by atoms with E-state index in [-0.39, 0.29) is 11.7 Å². The van der Waals surface area contributed by atoms with E-state index in [1.165, 1.54) is 17.3 Å². The second-order valence-electron chi connectivity index (χ2n) is 4.65. The Morgan fingerprint density at radius 2 is 2.14 bits per heavy atom. The molecule has 1 heterocycles. The topological polar surface area (TPSA) is 79.9 Å². The van der Waals surface area contributed by atoms with Gasteiger partial charge in [0.15, 0.2) is 5.82 Å². The van der Waals surface area contributed by atoms with Crippen LogP contribution in [0.5, 0.6) is 0 Å². The molecule has 118 valence electrons. The number of hydrogen-bond donors (Lipinski definition) is 2.